The van der Waals surface area contributed by atoms with Gasteiger partial charge >= 0.3 is 11.8 Å². The van der Waals surface area contributed by atoms with Crippen LogP contribution in [-0.2, 0) is 26.0 Å². The SMILES string of the molecule is Nc1ccc(NC(=O)C(=O)NCCc2ccc(S(N)(=O)=O)cc2)cc1Cl. The summed E-state index contributed by atoms with van der Waals surface area (Å²) in [5.74, 6) is -1.64. The van der Waals surface area contributed by atoms with Crippen LogP contribution in [-0.4, -0.2) is 26.8 Å². The number of amides is 2. The maximum atomic E-state index is 11.8. The molecule has 0 saturated heterocycles. The summed E-state index contributed by atoms with van der Waals surface area (Å²) in [4.78, 5) is 23.6. The Morgan fingerprint density at radius 2 is 1.69 bits per heavy atom. The number of carbonyl (C=O) groups is 2. The third-order valence-electron chi connectivity index (χ3n) is 3.42. The largest absolute Gasteiger partial charge is 0.398 e. The van der Waals surface area contributed by atoms with Crippen molar-refractivity contribution in [3.05, 3.63) is 53.1 Å². The Labute approximate surface area is 155 Å². The Bertz CT molecular complexity index is 930. The molecule has 0 radical (unpaired) electrons. The number of carbonyl (C=O) groups excluding carboxylic acids is 2. The Hall–Kier alpha value is -2.62. The highest BCUT2D eigenvalue weighted by Crippen LogP contribution is 2.22. The van der Waals surface area contributed by atoms with Crippen molar-refractivity contribution in [1.29, 1.82) is 0 Å². The fourth-order valence-electron chi connectivity index (χ4n) is 2.04. The second-order valence-corrected chi connectivity index (χ2v) is 7.35. The summed E-state index contributed by atoms with van der Waals surface area (Å²) in [6.07, 6.45) is 0.414. The lowest BCUT2D eigenvalue weighted by Gasteiger charge is -2.08. The third kappa shape index (κ3) is 5.45. The topological polar surface area (TPSA) is 144 Å². The standard InChI is InChI=1S/C16H17ClN4O4S/c17-13-9-11(3-6-14(13)18)21-16(23)15(22)20-8-7-10-1-4-12(5-2-10)26(19,24)25/h1-6,9H,7-8,18H2,(H,20,22)(H,21,23)(H2,19,24,25). The Balaban J connectivity index is 1.84. The molecule has 6 N–H and O–H groups in total. The predicted octanol–water partition coefficient (Wildman–Crippen LogP) is 0.867. The Kier molecular flexibility index (Phi) is 6.19. The van der Waals surface area contributed by atoms with Gasteiger partial charge in [0.15, 0.2) is 0 Å². The number of nitrogens with two attached hydrogens (primary N) is 2. The number of rotatable bonds is 5. The molecule has 138 valence electrons. The van der Waals surface area contributed by atoms with Gasteiger partial charge in [-0.15, -0.1) is 0 Å². The van der Waals surface area contributed by atoms with E-state index in [1.54, 1.807) is 12.1 Å². The minimum absolute atomic E-state index is 0.00632. The van der Waals surface area contributed by atoms with Gasteiger partial charge in [-0.3, -0.25) is 9.59 Å². The van der Waals surface area contributed by atoms with Gasteiger partial charge in [-0.05, 0) is 42.3 Å². The van der Waals surface area contributed by atoms with Crippen LogP contribution in [0.2, 0.25) is 5.02 Å². The molecule has 0 heterocycles. The lowest BCUT2D eigenvalue weighted by molar-refractivity contribution is -0.136. The van der Waals surface area contributed by atoms with Gasteiger partial charge in [-0.1, -0.05) is 23.7 Å². The summed E-state index contributed by atoms with van der Waals surface area (Å²) in [5.41, 5.74) is 7.06. The first-order chi connectivity index (χ1) is 12.2. The highest BCUT2D eigenvalue weighted by Gasteiger charge is 2.14. The van der Waals surface area contributed by atoms with Crippen LogP contribution in [0.3, 0.4) is 0 Å². The number of nitrogen functional groups attached to an aromatic ring is 1. The average molecular weight is 397 g/mol. The van der Waals surface area contributed by atoms with E-state index in [1.807, 2.05) is 0 Å². The molecule has 0 atom stereocenters. The zero-order chi connectivity index (χ0) is 19.3. The van der Waals surface area contributed by atoms with Crippen molar-refractivity contribution < 1.29 is 18.0 Å². The molecule has 0 fully saturated rings. The summed E-state index contributed by atoms with van der Waals surface area (Å²) in [5, 5.41) is 10.2. The third-order valence-corrected chi connectivity index (χ3v) is 4.67. The molecule has 0 aliphatic heterocycles. The highest BCUT2D eigenvalue weighted by molar-refractivity contribution is 7.89. The minimum Gasteiger partial charge on any atom is -0.398 e. The van der Waals surface area contributed by atoms with E-state index in [0.29, 0.717) is 17.8 Å². The van der Waals surface area contributed by atoms with Gasteiger partial charge in [-0.25, -0.2) is 13.6 Å². The second kappa shape index (κ2) is 8.17. The maximum Gasteiger partial charge on any atom is 0.313 e. The van der Waals surface area contributed by atoms with Crippen molar-refractivity contribution in [3.63, 3.8) is 0 Å². The number of benzene rings is 2. The summed E-state index contributed by atoms with van der Waals surface area (Å²) in [6.45, 7) is 0.198. The van der Waals surface area contributed by atoms with E-state index >= 15 is 0 Å². The van der Waals surface area contributed by atoms with Crippen molar-refractivity contribution in [1.82, 2.24) is 5.32 Å². The number of nitrogens with one attached hydrogen (secondary N) is 2. The molecule has 2 aromatic carbocycles. The van der Waals surface area contributed by atoms with E-state index in [4.69, 9.17) is 22.5 Å². The van der Waals surface area contributed by atoms with Gasteiger partial charge in [0, 0.05) is 12.2 Å². The number of anilines is 2. The molecular formula is C16H17ClN4O4S. The van der Waals surface area contributed by atoms with Crippen molar-refractivity contribution in [2.24, 2.45) is 5.14 Å². The number of primary sulfonamides is 1. The lowest BCUT2D eigenvalue weighted by atomic mass is 10.1. The summed E-state index contributed by atoms with van der Waals surface area (Å²) in [6, 6.07) is 10.4. The van der Waals surface area contributed by atoms with Crippen molar-refractivity contribution >= 4 is 44.8 Å². The molecule has 2 rings (SSSR count). The van der Waals surface area contributed by atoms with Gasteiger partial charge in [0.25, 0.3) is 0 Å². The molecule has 0 saturated carbocycles. The normalized spacial score (nSPS) is 11.0. The van der Waals surface area contributed by atoms with Crippen LogP contribution < -0.4 is 21.5 Å². The fourth-order valence-corrected chi connectivity index (χ4v) is 2.74. The minimum atomic E-state index is -3.74. The molecule has 0 unspecified atom stereocenters. The molecule has 0 spiro atoms. The first kappa shape index (κ1) is 19.7. The molecule has 10 heteroatoms. The number of hydrogen-bond donors (Lipinski definition) is 4. The van der Waals surface area contributed by atoms with Gasteiger partial charge < -0.3 is 16.4 Å². The molecule has 2 aromatic rings. The van der Waals surface area contributed by atoms with Crippen LogP contribution in [0.5, 0.6) is 0 Å². The quantitative estimate of drug-likeness (QED) is 0.437. The molecule has 0 bridgehead atoms. The van der Waals surface area contributed by atoms with E-state index in [9.17, 15) is 18.0 Å². The van der Waals surface area contributed by atoms with Gasteiger partial charge in [0.1, 0.15) is 0 Å². The average Bonchev–Trinajstić information content (AvgIpc) is 2.57. The fraction of sp³-hybridized carbons (Fsp3) is 0.125. The van der Waals surface area contributed by atoms with Gasteiger partial charge in [-0.2, -0.15) is 0 Å². The Morgan fingerprint density at radius 1 is 1.04 bits per heavy atom. The Morgan fingerprint density at radius 3 is 2.27 bits per heavy atom. The second-order valence-electron chi connectivity index (χ2n) is 5.39. The first-order valence-electron chi connectivity index (χ1n) is 7.43. The molecular weight excluding hydrogens is 380 g/mol. The monoisotopic (exact) mass is 396 g/mol. The van der Waals surface area contributed by atoms with Crippen molar-refractivity contribution in [2.45, 2.75) is 11.3 Å². The maximum absolute atomic E-state index is 11.8. The smallest absolute Gasteiger partial charge is 0.313 e. The van der Waals surface area contributed by atoms with Crippen molar-refractivity contribution in [3.8, 4) is 0 Å². The van der Waals surface area contributed by atoms with Crippen molar-refractivity contribution in [2.75, 3.05) is 17.6 Å². The first-order valence-corrected chi connectivity index (χ1v) is 9.35. The van der Waals surface area contributed by atoms with E-state index in [2.05, 4.69) is 10.6 Å². The molecule has 0 aliphatic carbocycles. The van der Waals surface area contributed by atoms with Crippen LogP contribution in [0.4, 0.5) is 11.4 Å². The molecule has 0 aromatic heterocycles. The summed E-state index contributed by atoms with van der Waals surface area (Å²) in [7, 11) is -3.74. The van der Waals surface area contributed by atoms with Crippen LogP contribution in [0, 0.1) is 0 Å². The lowest BCUT2D eigenvalue weighted by Crippen LogP contribution is -2.36. The highest BCUT2D eigenvalue weighted by atomic mass is 35.5. The van der Waals surface area contributed by atoms with Crippen LogP contribution in [0.25, 0.3) is 0 Å². The van der Waals surface area contributed by atoms with Gasteiger partial charge in [0.2, 0.25) is 10.0 Å². The van der Waals surface area contributed by atoms with E-state index in [-0.39, 0.29) is 16.5 Å². The summed E-state index contributed by atoms with van der Waals surface area (Å²) >= 11 is 5.85. The van der Waals surface area contributed by atoms with E-state index in [1.165, 1.54) is 30.3 Å². The zero-order valence-electron chi connectivity index (χ0n) is 13.5. The van der Waals surface area contributed by atoms with Crippen LogP contribution in [0.15, 0.2) is 47.4 Å². The number of halogens is 1. The molecule has 26 heavy (non-hydrogen) atoms. The number of hydrogen-bond acceptors (Lipinski definition) is 5. The molecule has 8 nitrogen and oxygen atoms in total. The molecule has 0 aliphatic rings. The summed E-state index contributed by atoms with van der Waals surface area (Å²) < 4.78 is 22.3. The van der Waals surface area contributed by atoms with E-state index < -0.39 is 21.8 Å². The van der Waals surface area contributed by atoms with Gasteiger partial charge in [0.05, 0.1) is 15.6 Å². The molecule has 2 amide bonds. The predicted molar refractivity (Wildman–Crippen MR) is 99.0 cm³/mol. The van der Waals surface area contributed by atoms with E-state index in [0.717, 1.165) is 5.56 Å². The van der Waals surface area contributed by atoms with Crippen LogP contribution in [0.1, 0.15) is 5.56 Å². The zero-order valence-corrected chi connectivity index (χ0v) is 15.1. The number of sulfonamides is 1. The van der Waals surface area contributed by atoms with Crippen LogP contribution >= 0.6 is 11.6 Å².